The topological polar surface area (TPSA) is 59.9 Å². The number of nitrogens with one attached hydrogen (secondary N) is 2. The van der Waals surface area contributed by atoms with Crippen LogP contribution in [0.3, 0.4) is 0 Å². The summed E-state index contributed by atoms with van der Waals surface area (Å²) >= 11 is 0. The van der Waals surface area contributed by atoms with Crippen LogP contribution in [0.25, 0.3) is 0 Å². The number of hydrogen-bond donors (Lipinski definition) is 3. The Morgan fingerprint density at radius 2 is 1.91 bits per heavy atom. The minimum atomic E-state index is -4.63. The van der Waals surface area contributed by atoms with Crippen LogP contribution in [-0.2, 0) is 0 Å². The fourth-order valence-corrected chi connectivity index (χ4v) is 3.53. The fourth-order valence-electron chi connectivity index (χ4n) is 3.53. The van der Waals surface area contributed by atoms with Gasteiger partial charge in [-0.05, 0) is 39.7 Å². The molecule has 5 nitrogen and oxygen atoms in total. The highest BCUT2D eigenvalue weighted by atomic mass is 19.4. The Morgan fingerprint density at radius 3 is 2.43 bits per heavy atom. The minimum Gasteiger partial charge on any atom is -0.382 e. The summed E-state index contributed by atoms with van der Waals surface area (Å²) in [6.45, 7) is 1.74. The van der Waals surface area contributed by atoms with Crippen molar-refractivity contribution in [3.8, 4) is 0 Å². The molecule has 23 heavy (non-hydrogen) atoms. The highest BCUT2D eigenvalue weighted by Crippen LogP contribution is 2.32. The van der Waals surface area contributed by atoms with E-state index < -0.39 is 18.8 Å². The number of rotatable bonds is 4. The predicted molar refractivity (Wildman–Crippen MR) is 83.4 cm³/mol. The molecule has 3 unspecified atom stereocenters. The number of nitrogens with zero attached hydrogens (tertiary/aromatic N) is 2. The second kappa shape index (κ2) is 7.70. The molecule has 2 aliphatic heterocycles. The Morgan fingerprint density at radius 1 is 1.30 bits per heavy atom. The number of aliphatic imine (C=N–C) groups is 1. The highest BCUT2D eigenvalue weighted by Gasteiger charge is 2.38. The lowest BCUT2D eigenvalue weighted by atomic mass is 9.82. The van der Waals surface area contributed by atoms with Crippen LogP contribution in [0, 0.1) is 0 Å². The van der Waals surface area contributed by atoms with Crippen molar-refractivity contribution >= 4 is 5.96 Å². The SMILES string of the molecule is CCNC(=NCC(O)C(F)(F)F)NC1CC2CCCC(C1)N2C. The molecule has 0 aromatic rings. The summed E-state index contributed by atoms with van der Waals surface area (Å²) in [4.78, 5) is 6.33. The van der Waals surface area contributed by atoms with Crippen LogP contribution < -0.4 is 10.6 Å². The van der Waals surface area contributed by atoms with Crippen molar-refractivity contribution in [3.63, 3.8) is 0 Å². The molecule has 0 aliphatic carbocycles. The van der Waals surface area contributed by atoms with Crippen LogP contribution in [-0.4, -0.2) is 66.5 Å². The van der Waals surface area contributed by atoms with Gasteiger partial charge in [-0.3, -0.25) is 4.99 Å². The molecule has 3 atom stereocenters. The van der Waals surface area contributed by atoms with Crippen molar-refractivity contribution in [1.29, 1.82) is 0 Å². The summed E-state index contributed by atoms with van der Waals surface area (Å²) in [7, 11) is 2.16. The van der Waals surface area contributed by atoms with Crippen LogP contribution in [0.2, 0.25) is 0 Å². The summed E-state index contributed by atoms with van der Waals surface area (Å²) in [5, 5.41) is 15.3. The van der Waals surface area contributed by atoms with Crippen LogP contribution in [0.1, 0.15) is 39.0 Å². The standard InChI is InChI=1S/C15H27F3N4O/c1-3-19-14(20-9-13(23)15(16,17)18)21-10-7-11-5-4-6-12(8-10)22(11)2/h10-13,23H,3-9H2,1-2H3,(H2,19,20,21). The molecule has 0 spiro atoms. The van der Waals surface area contributed by atoms with Crippen molar-refractivity contribution in [2.24, 2.45) is 4.99 Å². The number of aliphatic hydroxyl groups excluding tert-OH is 1. The van der Waals surface area contributed by atoms with E-state index in [-0.39, 0.29) is 6.04 Å². The van der Waals surface area contributed by atoms with Crippen molar-refractivity contribution in [2.75, 3.05) is 20.1 Å². The molecule has 8 heteroatoms. The van der Waals surface area contributed by atoms with E-state index in [0.29, 0.717) is 24.6 Å². The number of piperidine rings is 2. The molecule has 2 saturated heterocycles. The van der Waals surface area contributed by atoms with E-state index in [9.17, 15) is 13.2 Å². The maximum atomic E-state index is 12.4. The smallest absolute Gasteiger partial charge is 0.382 e. The van der Waals surface area contributed by atoms with Crippen molar-refractivity contribution in [2.45, 2.75) is 69.4 Å². The Labute approximate surface area is 135 Å². The lowest BCUT2D eigenvalue weighted by Gasteiger charge is -2.47. The zero-order valence-electron chi connectivity index (χ0n) is 13.7. The molecule has 0 aromatic carbocycles. The van der Waals surface area contributed by atoms with Crippen molar-refractivity contribution < 1.29 is 18.3 Å². The molecule has 134 valence electrons. The molecular weight excluding hydrogens is 309 g/mol. The van der Waals surface area contributed by atoms with Crippen molar-refractivity contribution in [3.05, 3.63) is 0 Å². The maximum Gasteiger partial charge on any atom is 0.416 e. The maximum absolute atomic E-state index is 12.4. The van der Waals surface area contributed by atoms with E-state index in [4.69, 9.17) is 5.11 Å². The van der Waals surface area contributed by atoms with Gasteiger partial charge in [0.2, 0.25) is 0 Å². The number of halogens is 3. The van der Waals surface area contributed by atoms with E-state index >= 15 is 0 Å². The Bertz CT molecular complexity index is 402. The molecule has 2 fully saturated rings. The summed E-state index contributed by atoms with van der Waals surface area (Å²) in [5.74, 6) is 0.350. The summed E-state index contributed by atoms with van der Waals surface area (Å²) < 4.78 is 37.1. The highest BCUT2D eigenvalue weighted by molar-refractivity contribution is 5.80. The summed E-state index contributed by atoms with van der Waals surface area (Å²) in [6.07, 6.45) is -1.52. The molecule has 0 aromatic heterocycles. The van der Waals surface area contributed by atoms with Gasteiger partial charge >= 0.3 is 6.18 Å². The number of aliphatic hydroxyl groups is 1. The van der Waals surface area contributed by atoms with Gasteiger partial charge in [0, 0.05) is 24.7 Å². The second-order valence-electron chi connectivity index (χ2n) is 6.49. The predicted octanol–water partition coefficient (Wildman–Crippen LogP) is 1.48. The van der Waals surface area contributed by atoms with Gasteiger partial charge in [0.05, 0.1) is 6.54 Å². The zero-order chi connectivity index (χ0) is 17.0. The molecule has 2 heterocycles. The van der Waals surface area contributed by atoms with E-state index in [0.717, 1.165) is 12.8 Å². The largest absolute Gasteiger partial charge is 0.416 e. The monoisotopic (exact) mass is 336 g/mol. The second-order valence-corrected chi connectivity index (χ2v) is 6.49. The number of guanidine groups is 1. The average molecular weight is 336 g/mol. The lowest BCUT2D eigenvalue weighted by molar-refractivity contribution is -0.199. The fraction of sp³-hybridized carbons (Fsp3) is 0.933. The zero-order valence-corrected chi connectivity index (χ0v) is 13.7. The van der Waals surface area contributed by atoms with E-state index in [1.165, 1.54) is 19.3 Å². The van der Waals surface area contributed by atoms with Crippen LogP contribution in [0.15, 0.2) is 4.99 Å². The molecular formula is C15H27F3N4O. The third-order valence-corrected chi connectivity index (χ3v) is 4.83. The van der Waals surface area contributed by atoms with Gasteiger partial charge in [-0.25, -0.2) is 0 Å². The van der Waals surface area contributed by atoms with Gasteiger partial charge in [-0.1, -0.05) is 6.42 Å². The van der Waals surface area contributed by atoms with E-state index in [1.54, 1.807) is 0 Å². The molecule has 2 aliphatic rings. The van der Waals surface area contributed by atoms with E-state index in [1.807, 2.05) is 6.92 Å². The van der Waals surface area contributed by atoms with Crippen LogP contribution in [0.5, 0.6) is 0 Å². The first kappa shape index (κ1) is 18.3. The number of alkyl halides is 3. The summed E-state index contributed by atoms with van der Waals surface area (Å²) in [6, 6.07) is 1.27. The third kappa shape index (κ3) is 4.97. The lowest BCUT2D eigenvalue weighted by Crippen LogP contribution is -2.56. The van der Waals surface area contributed by atoms with Crippen molar-refractivity contribution in [1.82, 2.24) is 15.5 Å². The number of hydrogen-bond acceptors (Lipinski definition) is 3. The van der Waals surface area contributed by atoms with Gasteiger partial charge < -0.3 is 20.6 Å². The molecule has 0 amide bonds. The third-order valence-electron chi connectivity index (χ3n) is 4.83. The molecule has 3 N–H and O–H groups in total. The first-order chi connectivity index (χ1) is 10.8. The molecule has 2 rings (SSSR count). The van der Waals surface area contributed by atoms with Gasteiger partial charge in [0.1, 0.15) is 0 Å². The normalized spacial score (nSPS) is 30.9. The Kier molecular flexibility index (Phi) is 6.13. The first-order valence-corrected chi connectivity index (χ1v) is 8.32. The molecule has 0 radical (unpaired) electrons. The minimum absolute atomic E-state index is 0.210. The molecule has 0 saturated carbocycles. The first-order valence-electron chi connectivity index (χ1n) is 8.32. The van der Waals surface area contributed by atoms with Gasteiger partial charge in [-0.2, -0.15) is 13.2 Å². The van der Waals surface area contributed by atoms with Crippen LogP contribution >= 0.6 is 0 Å². The Balaban J connectivity index is 1.94. The van der Waals surface area contributed by atoms with Gasteiger partial charge in [0.25, 0.3) is 0 Å². The quantitative estimate of drug-likeness (QED) is 0.538. The Hall–Kier alpha value is -1.02. The van der Waals surface area contributed by atoms with Crippen LogP contribution in [0.4, 0.5) is 13.2 Å². The number of fused-ring (bicyclic) bond motifs is 2. The van der Waals surface area contributed by atoms with Gasteiger partial charge in [-0.15, -0.1) is 0 Å². The molecule has 2 bridgehead atoms. The van der Waals surface area contributed by atoms with Gasteiger partial charge in [0.15, 0.2) is 12.1 Å². The van der Waals surface area contributed by atoms with E-state index in [2.05, 4.69) is 27.6 Å². The summed E-state index contributed by atoms with van der Waals surface area (Å²) in [5.41, 5.74) is 0. The average Bonchev–Trinajstić information content (AvgIpc) is 2.44.